The van der Waals surface area contributed by atoms with Crippen LogP contribution in [-0.2, 0) is 0 Å². The summed E-state index contributed by atoms with van der Waals surface area (Å²) in [6.45, 7) is 6.14. The van der Waals surface area contributed by atoms with Gasteiger partial charge in [0.05, 0.1) is 4.92 Å². The van der Waals surface area contributed by atoms with E-state index in [2.05, 4.69) is 22.2 Å². The molecule has 116 valence electrons. The number of aromatic nitrogens is 2. The first-order valence-electron chi connectivity index (χ1n) is 7.65. The van der Waals surface area contributed by atoms with Gasteiger partial charge in [-0.1, -0.05) is 19.8 Å². The summed E-state index contributed by atoms with van der Waals surface area (Å²) in [6, 6.07) is 0. The molecule has 1 N–H and O–H groups in total. The van der Waals surface area contributed by atoms with E-state index >= 15 is 0 Å². The molecule has 0 atom stereocenters. The van der Waals surface area contributed by atoms with E-state index in [-0.39, 0.29) is 10.6 Å². The maximum absolute atomic E-state index is 11.4. The molecule has 0 saturated carbocycles. The van der Waals surface area contributed by atoms with E-state index in [1.54, 1.807) is 6.92 Å². The van der Waals surface area contributed by atoms with Gasteiger partial charge in [-0.3, -0.25) is 10.1 Å². The summed E-state index contributed by atoms with van der Waals surface area (Å²) in [5, 5.41) is 14.5. The van der Waals surface area contributed by atoms with Crippen LogP contribution in [0.25, 0.3) is 0 Å². The zero-order chi connectivity index (χ0) is 15.2. The smallest absolute Gasteiger partial charge is 0.332 e. The molecule has 0 aromatic carbocycles. The Bertz CT molecular complexity index is 498. The number of nitrogens with one attached hydrogen (secondary N) is 1. The van der Waals surface area contributed by atoms with E-state index in [4.69, 9.17) is 0 Å². The molecule has 0 amide bonds. The number of aryl methyl sites for hydroxylation is 1. The number of rotatable bonds is 5. The van der Waals surface area contributed by atoms with Gasteiger partial charge in [-0.2, -0.15) is 4.98 Å². The lowest BCUT2D eigenvalue weighted by Gasteiger charge is -2.22. The van der Waals surface area contributed by atoms with Crippen molar-refractivity contribution in [2.45, 2.75) is 46.0 Å². The third kappa shape index (κ3) is 3.80. The van der Waals surface area contributed by atoms with Crippen molar-refractivity contribution in [3.05, 3.63) is 15.8 Å². The van der Waals surface area contributed by atoms with Gasteiger partial charge in [0.1, 0.15) is 5.69 Å². The Kier molecular flexibility index (Phi) is 5.30. The number of nitrogens with zero attached hydrogens (tertiary/aromatic N) is 4. The van der Waals surface area contributed by atoms with Crippen molar-refractivity contribution in [2.75, 3.05) is 29.9 Å². The van der Waals surface area contributed by atoms with Crippen molar-refractivity contribution in [1.29, 1.82) is 0 Å². The molecule has 0 unspecified atom stereocenters. The van der Waals surface area contributed by atoms with E-state index in [1.165, 1.54) is 12.8 Å². The monoisotopic (exact) mass is 293 g/mol. The summed E-state index contributed by atoms with van der Waals surface area (Å²) in [7, 11) is 0. The molecule has 7 nitrogen and oxygen atoms in total. The minimum Gasteiger partial charge on any atom is -0.354 e. The highest BCUT2D eigenvalue weighted by molar-refractivity contribution is 5.62. The number of hydrogen-bond acceptors (Lipinski definition) is 6. The molecule has 1 aromatic heterocycles. The normalized spacial score (nSPS) is 15.6. The highest BCUT2D eigenvalue weighted by Crippen LogP contribution is 2.31. The Labute approximate surface area is 124 Å². The highest BCUT2D eigenvalue weighted by Gasteiger charge is 2.26. The SMILES string of the molecule is CCCNc1nc(C)c([N+](=O)[O-])c(N2CCCCCC2)n1. The Morgan fingerprint density at radius 1 is 1.24 bits per heavy atom. The molecule has 1 aliphatic rings. The molecule has 1 fully saturated rings. The maximum atomic E-state index is 11.4. The molecule has 0 aliphatic carbocycles. The summed E-state index contributed by atoms with van der Waals surface area (Å²) in [5.41, 5.74) is 0.465. The summed E-state index contributed by atoms with van der Waals surface area (Å²) in [4.78, 5) is 21.7. The van der Waals surface area contributed by atoms with E-state index in [9.17, 15) is 10.1 Å². The van der Waals surface area contributed by atoms with E-state index in [1.807, 2.05) is 4.90 Å². The van der Waals surface area contributed by atoms with Gasteiger partial charge in [0.2, 0.25) is 11.8 Å². The topological polar surface area (TPSA) is 84.2 Å². The highest BCUT2D eigenvalue weighted by atomic mass is 16.6. The molecule has 2 rings (SSSR count). The molecule has 0 bridgehead atoms. The molecule has 7 heteroatoms. The van der Waals surface area contributed by atoms with E-state index in [0.717, 1.165) is 38.9 Å². The quantitative estimate of drug-likeness (QED) is 0.663. The molecule has 0 radical (unpaired) electrons. The van der Waals surface area contributed by atoms with Gasteiger partial charge in [-0.25, -0.2) is 4.98 Å². The largest absolute Gasteiger partial charge is 0.354 e. The molecular formula is C14H23N5O2. The van der Waals surface area contributed by atoms with Crippen LogP contribution in [0, 0.1) is 17.0 Å². The van der Waals surface area contributed by atoms with Crippen molar-refractivity contribution in [1.82, 2.24) is 9.97 Å². The van der Waals surface area contributed by atoms with Crippen LogP contribution in [0.1, 0.15) is 44.7 Å². The lowest BCUT2D eigenvalue weighted by molar-refractivity contribution is -0.385. The number of hydrogen-bond donors (Lipinski definition) is 1. The van der Waals surface area contributed by atoms with Crippen LogP contribution in [0.3, 0.4) is 0 Å². The average Bonchev–Trinajstić information content (AvgIpc) is 2.72. The van der Waals surface area contributed by atoms with Crippen LogP contribution >= 0.6 is 0 Å². The third-order valence-corrected chi connectivity index (χ3v) is 3.66. The van der Waals surface area contributed by atoms with Gasteiger partial charge >= 0.3 is 5.69 Å². The fourth-order valence-electron chi connectivity index (χ4n) is 2.58. The van der Waals surface area contributed by atoms with Crippen LogP contribution in [0.15, 0.2) is 0 Å². The summed E-state index contributed by atoms with van der Waals surface area (Å²) < 4.78 is 0. The molecule has 1 aliphatic heterocycles. The van der Waals surface area contributed by atoms with E-state index < -0.39 is 0 Å². The standard InChI is InChI=1S/C14H23N5O2/c1-3-8-15-14-16-11(2)12(19(20)21)13(17-14)18-9-6-4-5-7-10-18/h3-10H2,1-2H3,(H,15,16,17). The van der Waals surface area contributed by atoms with Crippen LogP contribution in [-0.4, -0.2) is 34.5 Å². The predicted octanol–water partition coefficient (Wildman–Crippen LogP) is 2.90. The van der Waals surface area contributed by atoms with Crippen molar-refractivity contribution in [3.63, 3.8) is 0 Å². The minimum atomic E-state index is -0.362. The average molecular weight is 293 g/mol. The lowest BCUT2D eigenvalue weighted by Crippen LogP contribution is -2.27. The second-order valence-corrected chi connectivity index (χ2v) is 5.39. The summed E-state index contributed by atoms with van der Waals surface area (Å²) in [5.74, 6) is 0.951. The van der Waals surface area contributed by atoms with Gasteiger partial charge in [0, 0.05) is 19.6 Å². The fourth-order valence-corrected chi connectivity index (χ4v) is 2.58. The first kappa shape index (κ1) is 15.5. The Balaban J connectivity index is 2.38. The Hall–Kier alpha value is -1.92. The number of nitro groups is 1. The zero-order valence-corrected chi connectivity index (χ0v) is 12.8. The maximum Gasteiger partial charge on any atom is 0.332 e. The van der Waals surface area contributed by atoms with Crippen LogP contribution in [0.2, 0.25) is 0 Å². The predicted molar refractivity (Wildman–Crippen MR) is 82.9 cm³/mol. The second kappa shape index (κ2) is 7.19. The molecular weight excluding hydrogens is 270 g/mol. The fraction of sp³-hybridized carbons (Fsp3) is 0.714. The van der Waals surface area contributed by atoms with Gasteiger partial charge in [0.25, 0.3) is 0 Å². The van der Waals surface area contributed by atoms with Crippen molar-refractivity contribution < 1.29 is 4.92 Å². The Morgan fingerprint density at radius 2 is 1.90 bits per heavy atom. The summed E-state index contributed by atoms with van der Waals surface area (Å²) in [6.07, 6.45) is 5.42. The van der Waals surface area contributed by atoms with Crippen LogP contribution < -0.4 is 10.2 Å². The van der Waals surface area contributed by atoms with Gasteiger partial charge in [-0.05, 0) is 26.2 Å². The molecule has 2 heterocycles. The number of anilines is 2. The first-order valence-corrected chi connectivity index (χ1v) is 7.65. The lowest BCUT2D eigenvalue weighted by atomic mass is 10.2. The first-order chi connectivity index (χ1) is 10.1. The Morgan fingerprint density at radius 3 is 2.48 bits per heavy atom. The minimum absolute atomic E-state index is 0.0407. The van der Waals surface area contributed by atoms with Crippen LogP contribution in [0.5, 0.6) is 0 Å². The van der Waals surface area contributed by atoms with Gasteiger partial charge < -0.3 is 10.2 Å². The van der Waals surface area contributed by atoms with E-state index in [0.29, 0.717) is 17.5 Å². The van der Waals surface area contributed by atoms with Gasteiger partial charge in [-0.15, -0.1) is 0 Å². The van der Waals surface area contributed by atoms with Crippen molar-refractivity contribution in [3.8, 4) is 0 Å². The molecule has 1 saturated heterocycles. The summed E-state index contributed by atoms with van der Waals surface area (Å²) >= 11 is 0. The van der Waals surface area contributed by atoms with Crippen LogP contribution in [0.4, 0.5) is 17.5 Å². The third-order valence-electron chi connectivity index (χ3n) is 3.66. The van der Waals surface area contributed by atoms with Crippen molar-refractivity contribution >= 4 is 17.5 Å². The van der Waals surface area contributed by atoms with Crippen molar-refractivity contribution in [2.24, 2.45) is 0 Å². The van der Waals surface area contributed by atoms with Gasteiger partial charge in [0.15, 0.2) is 0 Å². The molecule has 1 aromatic rings. The zero-order valence-electron chi connectivity index (χ0n) is 12.8. The second-order valence-electron chi connectivity index (χ2n) is 5.39. The molecule has 0 spiro atoms. The molecule has 21 heavy (non-hydrogen) atoms.